The third-order valence-corrected chi connectivity index (χ3v) is 2.69. The summed E-state index contributed by atoms with van der Waals surface area (Å²) in [5.41, 5.74) is 1.01. The van der Waals surface area contributed by atoms with E-state index in [0.717, 1.165) is 17.3 Å². The molecular weight excluding hydrogens is 226 g/mol. The summed E-state index contributed by atoms with van der Waals surface area (Å²) in [6.07, 6.45) is 0. The molecule has 0 spiro atoms. The number of carboxylic acids is 1. The molecule has 16 heavy (non-hydrogen) atoms. The lowest BCUT2D eigenvalue weighted by atomic mass is 10.2. The van der Waals surface area contributed by atoms with Crippen LogP contribution in [0, 0.1) is 0 Å². The number of aliphatic carboxylic acids is 1. The molecule has 0 saturated heterocycles. The number of nitrogens with one attached hydrogen (secondary N) is 1. The fourth-order valence-corrected chi connectivity index (χ4v) is 1.63. The van der Waals surface area contributed by atoms with Gasteiger partial charge in [-0.05, 0) is 5.56 Å². The van der Waals surface area contributed by atoms with Gasteiger partial charge in [-0.15, -0.1) is 11.8 Å². The predicted octanol–water partition coefficient (Wildman–Crippen LogP) is -0.214. The molecule has 0 aliphatic rings. The molecule has 0 unspecified atom stereocenters. The van der Waals surface area contributed by atoms with Crippen molar-refractivity contribution in [2.75, 3.05) is 11.5 Å². The summed E-state index contributed by atoms with van der Waals surface area (Å²) >= 11 is 1.03. The smallest absolute Gasteiger partial charge is 0.230 e. The minimum atomic E-state index is -1.15. The van der Waals surface area contributed by atoms with Gasteiger partial charge in [0.05, 0.1) is 11.7 Å². The van der Waals surface area contributed by atoms with Crippen LogP contribution in [0.5, 0.6) is 0 Å². The van der Waals surface area contributed by atoms with Crippen LogP contribution in [0.4, 0.5) is 0 Å². The Labute approximate surface area is 98.0 Å². The van der Waals surface area contributed by atoms with Gasteiger partial charge in [-0.25, -0.2) is 0 Å². The standard InChI is InChI=1S/C11H13NO3S/c13-10(7-16-8-11(14)15)12-6-9-4-2-1-3-5-9/h1-5H,6-8H2,(H,12,13)(H,14,15)/p-1. The Morgan fingerprint density at radius 1 is 1.19 bits per heavy atom. The van der Waals surface area contributed by atoms with E-state index in [9.17, 15) is 14.7 Å². The van der Waals surface area contributed by atoms with Crippen molar-refractivity contribution in [3.8, 4) is 0 Å². The fraction of sp³-hybridized carbons (Fsp3) is 0.273. The van der Waals surface area contributed by atoms with Crippen LogP contribution in [0.2, 0.25) is 0 Å². The highest BCUT2D eigenvalue weighted by Crippen LogP contribution is 2.00. The van der Waals surface area contributed by atoms with Crippen LogP contribution >= 0.6 is 11.8 Å². The summed E-state index contributed by atoms with van der Waals surface area (Å²) in [5.74, 6) is -1.34. The predicted molar refractivity (Wildman–Crippen MR) is 60.6 cm³/mol. The third-order valence-electron chi connectivity index (χ3n) is 1.79. The van der Waals surface area contributed by atoms with Crippen LogP contribution in [0.3, 0.4) is 0 Å². The highest BCUT2D eigenvalue weighted by atomic mass is 32.2. The van der Waals surface area contributed by atoms with Gasteiger partial charge < -0.3 is 15.2 Å². The van der Waals surface area contributed by atoms with Crippen molar-refractivity contribution in [3.05, 3.63) is 35.9 Å². The van der Waals surface area contributed by atoms with Crippen LogP contribution in [0.15, 0.2) is 30.3 Å². The first kappa shape index (κ1) is 12.6. The maximum atomic E-state index is 11.3. The van der Waals surface area contributed by atoms with Gasteiger partial charge in [-0.2, -0.15) is 0 Å². The second-order valence-electron chi connectivity index (χ2n) is 3.13. The molecule has 1 N–H and O–H groups in total. The highest BCUT2D eigenvalue weighted by Gasteiger charge is 2.01. The van der Waals surface area contributed by atoms with Gasteiger partial charge in [-0.1, -0.05) is 30.3 Å². The molecule has 0 aromatic heterocycles. The topological polar surface area (TPSA) is 69.2 Å². The van der Waals surface area contributed by atoms with E-state index in [1.54, 1.807) is 0 Å². The number of hydrogen-bond acceptors (Lipinski definition) is 4. The molecule has 0 heterocycles. The van der Waals surface area contributed by atoms with Crippen LogP contribution < -0.4 is 10.4 Å². The molecule has 1 aromatic carbocycles. The molecule has 1 aromatic rings. The Hall–Kier alpha value is -1.49. The van der Waals surface area contributed by atoms with Gasteiger partial charge in [0.2, 0.25) is 5.91 Å². The minimum absolute atomic E-state index is 0.140. The van der Waals surface area contributed by atoms with Gasteiger partial charge in [0.1, 0.15) is 0 Å². The molecule has 0 bridgehead atoms. The van der Waals surface area contributed by atoms with E-state index >= 15 is 0 Å². The maximum absolute atomic E-state index is 11.3. The maximum Gasteiger partial charge on any atom is 0.230 e. The van der Waals surface area contributed by atoms with Gasteiger partial charge in [0.15, 0.2) is 0 Å². The Morgan fingerprint density at radius 2 is 1.88 bits per heavy atom. The lowest BCUT2D eigenvalue weighted by molar-refractivity contribution is -0.301. The number of amides is 1. The average molecular weight is 238 g/mol. The van der Waals surface area contributed by atoms with E-state index in [2.05, 4.69) is 5.32 Å². The number of benzene rings is 1. The Morgan fingerprint density at radius 3 is 2.50 bits per heavy atom. The second kappa shape index (κ2) is 6.90. The number of rotatable bonds is 6. The molecule has 5 heteroatoms. The molecule has 0 saturated carbocycles. The number of carboxylic acid groups (broad SMARTS) is 1. The molecule has 0 fully saturated rings. The summed E-state index contributed by atoms with van der Waals surface area (Å²) in [6.45, 7) is 0.464. The third kappa shape index (κ3) is 5.41. The Kier molecular flexibility index (Phi) is 5.42. The first-order valence-corrected chi connectivity index (χ1v) is 5.92. The summed E-state index contributed by atoms with van der Waals surface area (Å²) in [7, 11) is 0. The van der Waals surface area contributed by atoms with Gasteiger partial charge in [-0.3, -0.25) is 4.79 Å². The minimum Gasteiger partial charge on any atom is -0.549 e. The van der Waals surface area contributed by atoms with Crippen LogP contribution in [-0.2, 0) is 16.1 Å². The van der Waals surface area contributed by atoms with Crippen LogP contribution in [0.25, 0.3) is 0 Å². The first-order valence-electron chi connectivity index (χ1n) is 4.76. The number of hydrogen-bond donors (Lipinski definition) is 1. The quantitative estimate of drug-likeness (QED) is 0.744. The number of thioether (sulfide) groups is 1. The first-order chi connectivity index (χ1) is 7.68. The van der Waals surface area contributed by atoms with E-state index in [-0.39, 0.29) is 17.4 Å². The molecule has 0 atom stereocenters. The van der Waals surface area contributed by atoms with Crippen molar-refractivity contribution in [2.45, 2.75) is 6.54 Å². The number of carbonyl (C=O) groups is 2. The van der Waals surface area contributed by atoms with Crippen molar-refractivity contribution in [3.63, 3.8) is 0 Å². The lowest BCUT2D eigenvalue weighted by Gasteiger charge is -2.05. The van der Waals surface area contributed by atoms with Crippen LogP contribution in [0.1, 0.15) is 5.56 Å². The zero-order valence-electron chi connectivity index (χ0n) is 8.64. The van der Waals surface area contributed by atoms with Gasteiger partial charge in [0.25, 0.3) is 0 Å². The molecule has 1 amide bonds. The van der Waals surface area contributed by atoms with E-state index in [0.29, 0.717) is 6.54 Å². The Balaban J connectivity index is 2.18. The molecule has 1 rings (SSSR count). The lowest BCUT2D eigenvalue weighted by Crippen LogP contribution is -2.28. The van der Waals surface area contributed by atoms with E-state index in [1.165, 1.54) is 0 Å². The monoisotopic (exact) mass is 238 g/mol. The second-order valence-corrected chi connectivity index (χ2v) is 4.11. The molecule has 4 nitrogen and oxygen atoms in total. The largest absolute Gasteiger partial charge is 0.549 e. The van der Waals surface area contributed by atoms with Crippen molar-refractivity contribution in [1.29, 1.82) is 0 Å². The van der Waals surface area contributed by atoms with Gasteiger partial charge >= 0.3 is 0 Å². The number of carbonyl (C=O) groups excluding carboxylic acids is 2. The van der Waals surface area contributed by atoms with Crippen molar-refractivity contribution < 1.29 is 14.7 Å². The summed E-state index contributed by atoms with van der Waals surface area (Å²) in [5, 5.41) is 12.8. The highest BCUT2D eigenvalue weighted by molar-refractivity contribution is 8.00. The average Bonchev–Trinajstić information content (AvgIpc) is 2.27. The molecule has 0 aliphatic heterocycles. The molecule has 86 valence electrons. The molecule has 0 aliphatic carbocycles. The van der Waals surface area contributed by atoms with Crippen LogP contribution in [-0.4, -0.2) is 23.4 Å². The van der Waals surface area contributed by atoms with Crippen molar-refractivity contribution in [2.24, 2.45) is 0 Å². The van der Waals surface area contributed by atoms with Gasteiger partial charge in [0, 0.05) is 12.3 Å². The summed E-state index contributed by atoms with van der Waals surface area (Å²) < 4.78 is 0. The zero-order valence-corrected chi connectivity index (χ0v) is 9.46. The molecular formula is C11H12NO3S-. The summed E-state index contributed by atoms with van der Waals surface area (Å²) in [6, 6.07) is 9.52. The van der Waals surface area contributed by atoms with E-state index < -0.39 is 5.97 Å². The fourth-order valence-electron chi connectivity index (χ4n) is 1.07. The summed E-state index contributed by atoms with van der Waals surface area (Å²) in [4.78, 5) is 21.3. The molecule has 0 radical (unpaired) electrons. The van der Waals surface area contributed by atoms with Crippen molar-refractivity contribution >= 4 is 23.6 Å². The SMILES string of the molecule is O=C([O-])CSCC(=O)NCc1ccccc1. The van der Waals surface area contributed by atoms with E-state index in [1.807, 2.05) is 30.3 Å². The van der Waals surface area contributed by atoms with Crippen molar-refractivity contribution in [1.82, 2.24) is 5.32 Å². The normalized spacial score (nSPS) is 9.75. The Bertz CT molecular complexity index is 354. The zero-order chi connectivity index (χ0) is 11.8. The van der Waals surface area contributed by atoms with E-state index in [4.69, 9.17) is 0 Å².